The van der Waals surface area contributed by atoms with E-state index in [2.05, 4.69) is 10.1 Å². The smallest absolute Gasteiger partial charge is 0.337 e. The normalized spacial score (nSPS) is 19.5. The van der Waals surface area contributed by atoms with E-state index in [0.717, 1.165) is 0 Å². The van der Waals surface area contributed by atoms with Crippen LogP contribution in [0.25, 0.3) is 0 Å². The number of urea groups is 1. The lowest BCUT2D eigenvalue weighted by Gasteiger charge is -2.35. The molecular formula is C9H16N2O4. The van der Waals surface area contributed by atoms with E-state index in [1.165, 1.54) is 7.11 Å². The molecule has 6 heteroatoms. The monoisotopic (exact) mass is 216 g/mol. The van der Waals surface area contributed by atoms with Crippen molar-refractivity contribution in [2.75, 3.05) is 27.2 Å². The third kappa shape index (κ3) is 2.38. The minimum atomic E-state index is -1.43. The number of methoxy groups -OCH3 is 1. The Kier molecular flexibility index (Phi) is 3.52. The summed E-state index contributed by atoms with van der Waals surface area (Å²) in [4.78, 5) is 24.0. The van der Waals surface area contributed by atoms with Crippen LogP contribution in [0.5, 0.6) is 0 Å². The Balaban J connectivity index is 2.55. The van der Waals surface area contributed by atoms with Gasteiger partial charge in [0, 0.05) is 33.0 Å². The van der Waals surface area contributed by atoms with Gasteiger partial charge >= 0.3 is 12.0 Å². The van der Waals surface area contributed by atoms with Crippen molar-refractivity contribution in [3.05, 3.63) is 0 Å². The zero-order valence-electron chi connectivity index (χ0n) is 8.95. The fraction of sp³-hybridized carbons (Fsp3) is 0.778. The van der Waals surface area contributed by atoms with Gasteiger partial charge in [0.1, 0.15) is 0 Å². The van der Waals surface area contributed by atoms with Gasteiger partial charge in [-0.15, -0.1) is 0 Å². The average molecular weight is 216 g/mol. The Labute approximate surface area is 88.2 Å². The van der Waals surface area contributed by atoms with Crippen molar-refractivity contribution in [1.82, 2.24) is 10.2 Å². The first-order valence-corrected chi connectivity index (χ1v) is 4.81. The number of aliphatic hydroxyl groups is 1. The summed E-state index contributed by atoms with van der Waals surface area (Å²) in [6.45, 7) is 0.705. The van der Waals surface area contributed by atoms with E-state index in [0.29, 0.717) is 13.1 Å². The number of esters is 1. The number of piperidine rings is 1. The number of carbonyl (C=O) groups is 2. The van der Waals surface area contributed by atoms with Crippen molar-refractivity contribution in [3.63, 3.8) is 0 Å². The number of likely N-dealkylation sites (tertiary alicyclic amines) is 1. The highest BCUT2D eigenvalue weighted by Crippen LogP contribution is 2.23. The highest BCUT2D eigenvalue weighted by atomic mass is 16.5. The fourth-order valence-corrected chi connectivity index (χ4v) is 1.63. The maximum Gasteiger partial charge on any atom is 0.337 e. The first kappa shape index (κ1) is 11.8. The van der Waals surface area contributed by atoms with Crippen molar-refractivity contribution in [3.8, 4) is 0 Å². The van der Waals surface area contributed by atoms with E-state index in [4.69, 9.17) is 0 Å². The van der Waals surface area contributed by atoms with Gasteiger partial charge in [-0.3, -0.25) is 0 Å². The van der Waals surface area contributed by atoms with Crippen molar-refractivity contribution in [2.45, 2.75) is 18.4 Å². The van der Waals surface area contributed by atoms with E-state index in [1.54, 1.807) is 11.9 Å². The maximum atomic E-state index is 11.2. The van der Waals surface area contributed by atoms with Gasteiger partial charge in [-0.1, -0.05) is 0 Å². The average Bonchev–Trinajstić information content (AvgIpc) is 2.28. The summed E-state index contributed by atoms with van der Waals surface area (Å²) >= 11 is 0. The molecule has 0 unspecified atom stereocenters. The lowest BCUT2D eigenvalue weighted by molar-refractivity contribution is -0.166. The van der Waals surface area contributed by atoms with E-state index in [9.17, 15) is 14.7 Å². The van der Waals surface area contributed by atoms with Crippen LogP contribution in [0.15, 0.2) is 0 Å². The Hall–Kier alpha value is -1.30. The number of amides is 2. The molecule has 1 saturated heterocycles. The quantitative estimate of drug-likeness (QED) is 0.569. The molecule has 1 aliphatic heterocycles. The number of hydrogen-bond acceptors (Lipinski definition) is 4. The summed E-state index contributed by atoms with van der Waals surface area (Å²) in [5, 5.41) is 12.4. The number of ether oxygens (including phenoxy) is 1. The van der Waals surface area contributed by atoms with Crippen molar-refractivity contribution < 1.29 is 19.4 Å². The summed E-state index contributed by atoms with van der Waals surface area (Å²) in [5.74, 6) is -0.626. The molecule has 2 amide bonds. The van der Waals surface area contributed by atoms with E-state index in [1.807, 2.05) is 0 Å². The Morgan fingerprint density at radius 3 is 2.33 bits per heavy atom. The first-order valence-electron chi connectivity index (χ1n) is 4.81. The van der Waals surface area contributed by atoms with Gasteiger partial charge in [-0.25, -0.2) is 9.59 Å². The second kappa shape index (κ2) is 4.48. The molecular weight excluding hydrogens is 200 g/mol. The van der Waals surface area contributed by atoms with Gasteiger partial charge in [-0.05, 0) is 0 Å². The minimum absolute atomic E-state index is 0.193. The van der Waals surface area contributed by atoms with Crippen molar-refractivity contribution in [2.24, 2.45) is 0 Å². The topological polar surface area (TPSA) is 78.9 Å². The van der Waals surface area contributed by atoms with E-state index in [-0.39, 0.29) is 18.9 Å². The Morgan fingerprint density at radius 1 is 1.40 bits per heavy atom. The van der Waals surface area contributed by atoms with Gasteiger partial charge in [0.05, 0.1) is 7.11 Å². The molecule has 86 valence electrons. The van der Waals surface area contributed by atoms with Crippen LogP contribution in [-0.4, -0.2) is 54.9 Å². The number of rotatable bonds is 1. The lowest BCUT2D eigenvalue weighted by atomic mass is 9.92. The molecule has 0 bridgehead atoms. The zero-order chi connectivity index (χ0) is 11.5. The molecule has 1 rings (SSSR count). The van der Waals surface area contributed by atoms with Crippen LogP contribution in [0.1, 0.15) is 12.8 Å². The van der Waals surface area contributed by atoms with Crippen molar-refractivity contribution >= 4 is 12.0 Å². The van der Waals surface area contributed by atoms with Crippen LogP contribution >= 0.6 is 0 Å². The lowest BCUT2D eigenvalue weighted by Crippen LogP contribution is -2.52. The fourth-order valence-electron chi connectivity index (χ4n) is 1.63. The Bertz CT molecular complexity index is 259. The number of nitrogens with one attached hydrogen (secondary N) is 1. The number of nitrogens with zero attached hydrogens (tertiary/aromatic N) is 1. The third-order valence-corrected chi connectivity index (χ3v) is 2.66. The molecule has 1 aliphatic rings. The molecule has 0 aromatic carbocycles. The predicted molar refractivity (Wildman–Crippen MR) is 52.2 cm³/mol. The van der Waals surface area contributed by atoms with Crippen LogP contribution in [0, 0.1) is 0 Å². The molecule has 0 aromatic heterocycles. The molecule has 1 fully saturated rings. The molecule has 2 N–H and O–H groups in total. The van der Waals surface area contributed by atoms with Gasteiger partial charge in [-0.2, -0.15) is 0 Å². The molecule has 0 aliphatic carbocycles. The summed E-state index contributed by atoms with van der Waals surface area (Å²) in [7, 11) is 2.79. The standard InChI is InChI=1S/C9H16N2O4/c1-10-8(13)11-5-3-9(14,4-6-11)7(12)15-2/h14H,3-6H2,1-2H3,(H,10,13). The zero-order valence-corrected chi connectivity index (χ0v) is 8.95. The summed E-state index contributed by atoms with van der Waals surface area (Å²) in [5.41, 5.74) is -1.43. The van der Waals surface area contributed by atoms with Gasteiger partial charge in [0.15, 0.2) is 5.60 Å². The molecule has 15 heavy (non-hydrogen) atoms. The maximum absolute atomic E-state index is 11.2. The minimum Gasteiger partial charge on any atom is -0.467 e. The van der Waals surface area contributed by atoms with Crippen LogP contribution in [0.4, 0.5) is 4.79 Å². The van der Waals surface area contributed by atoms with E-state index < -0.39 is 11.6 Å². The van der Waals surface area contributed by atoms with Crippen LogP contribution in [-0.2, 0) is 9.53 Å². The molecule has 0 saturated carbocycles. The van der Waals surface area contributed by atoms with Crippen LogP contribution in [0.2, 0.25) is 0 Å². The van der Waals surface area contributed by atoms with Crippen molar-refractivity contribution in [1.29, 1.82) is 0 Å². The van der Waals surface area contributed by atoms with Crippen LogP contribution in [0.3, 0.4) is 0 Å². The number of hydrogen-bond donors (Lipinski definition) is 2. The summed E-state index contributed by atoms with van der Waals surface area (Å²) in [6, 6.07) is -0.193. The largest absolute Gasteiger partial charge is 0.467 e. The summed E-state index contributed by atoms with van der Waals surface area (Å²) < 4.78 is 4.51. The Morgan fingerprint density at radius 2 is 1.93 bits per heavy atom. The molecule has 0 spiro atoms. The van der Waals surface area contributed by atoms with Gasteiger partial charge < -0.3 is 20.1 Å². The first-order chi connectivity index (χ1) is 7.03. The van der Waals surface area contributed by atoms with Gasteiger partial charge in [0.25, 0.3) is 0 Å². The summed E-state index contributed by atoms with van der Waals surface area (Å²) in [6.07, 6.45) is 0.431. The molecule has 0 aromatic rings. The molecule has 6 nitrogen and oxygen atoms in total. The molecule has 0 atom stereocenters. The highest BCUT2D eigenvalue weighted by Gasteiger charge is 2.41. The third-order valence-electron chi connectivity index (χ3n) is 2.66. The second-order valence-corrected chi connectivity index (χ2v) is 3.57. The second-order valence-electron chi connectivity index (χ2n) is 3.57. The van der Waals surface area contributed by atoms with Crippen LogP contribution < -0.4 is 5.32 Å². The predicted octanol–water partition coefficient (Wildman–Crippen LogP) is -0.674. The highest BCUT2D eigenvalue weighted by molar-refractivity contribution is 5.80. The SMILES string of the molecule is CNC(=O)N1CCC(O)(C(=O)OC)CC1. The molecule has 1 heterocycles. The van der Waals surface area contributed by atoms with Gasteiger partial charge in [0.2, 0.25) is 0 Å². The molecule has 0 radical (unpaired) electrons. The van der Waals surface area contributed by atoms with E-state index >= 15 is 0 Å². The number of carbonyl (C=O) groups excluding carboxylic acids is 2.